The van der Waals surface area contributed by atoms with E-state index in [1.807, 2.05) is 0 Å². The second-order valence-electron chi connectivity index (χ2n) is 6.18. The van der Waals surface area contributed by atoms with E-state index in [4.69, 9.17) is 4.74 Å². The molecule has 0 amide bonds. The first-order valence-corrected chi connectivity index (χ1v) is 8.83. The summed E-state index contributed by atoms with van der Waals surface area (Å²) in [6.45, 7) is 6.16. The SMILES string of the molecule is [CH2]CCCCCCCC1OC1CCCCCCCC. The van der Waals surface area contributed by atoms with Gasteiger partial charge >= 0.3 is 0 Å². The van der Waals surface area contributed by atoms with Crippen LogP contribution >= 0.6 is 0 Å². The van der Waals surface area contributed by atoms with E-state index >= 15 is 0 Å². The molecule has 1 fully saturated rings. The van der Waals surface area contributed by atoms with Crippen molar-refractivity contribution < 1.29 is 4.74 Å². The van der Waals surface area contributed by atoms with Crippen molar-refractivity contribution in [1.82, 2.24) is 0 Å². The van der Waals surface area contributed by atoms with Gasteiger partial charge in [0.2, 0.25) is 0 Å². The van der Waals surface area contributed by atoms with Gasteiger partial charge in [0.25, 0.3) is 0 Å². The van der Waals surface area contributed by atoms with Gasteiger partial charge in [-0.2, -0.15) is 0 Å². The Kier molecular flexibility index (Phi) is 10.5. The molecule has 2 atom stereocenters. The van der Waals surface area contributed by atoms with Crippen molar-refractivity contribution in [2.24, 2.45) is 0 Å². The molecule has 0 aromatic rings. The average Bonchev–Trinajstić information content (AvgIpc) is 3.16. The van der Waals surface area contributed by atoms with Crippen molar-refractivity contribution in [3.63, 3.8) is 0 Å². The summed E-state index contributed by atoms with van der Waals surface area (Å²) < 4.78 is 5.76. The number of ether oxygens (including phenoxy) is 1. The van der Waals surface area contributed by atoms with E-state index in [1.165, 1.54) is 83.5 Å². The van der Waals surface area contributed by atoms with Gasteiger partial charge in [-0.1, -0.05) is 90.9 Å². The Morgan fingerprint density at radius 2 is 1.16 bits per heavy atom. The molecule has 2 unspecified atom stereocenters. The maximum Gasteiger partial charge on any atom is 0.0841 e. The summed E-state index contributed by atoms with van der Waals surface area (Å²) in [5.74, 6) is 0. The van der Waals surface area contributed by atoms with E-state index in [0.717, 1.165) is 6.42 Å². The largest absolute Gasteiger partial charge is 0.370 e. The molecular formula is C18H35O. The van der Waals surface area contributed by atoms with Gasteiger partial charge in [-0.05, 0) is 12.8 Å². The summed E-state index contributed by atoms with van der Waals surface area (Å²) >= 11 is 0. The first-order valence-electron chi connectivity index (χ1n) is 8.83. The minimum atomic E-state index is 0.628. The molecule has 0 bridgehead atoms. The molecule has 1 rings (SSSR count). The number of epoxide rings is 1. The second-order valence-corrected chi connectivity index (χ2v) is 6.18. The van der Waals surface area contributed by atoms with Crippen LogP contribution in [0.2, 0.25) is 0 Å². The number of rotatable bonds is 14. The van der Waals surface area contributed by atoms with Crippen molar-refractivity contribution in [2.75, 3.05) is 0 Å². The molecule has 0 aromatic carbocycles. The van der Waals surface area contributed by atoms with Crippen LogP contribution in [0, 0.1) is 6.92 Å². The fraction of sp³-hybridized carbons (Fsp3) is 0.944. The highest BCUT2D eigenvalue weighted by Gasteiger charge is 2.36. The maximum atomic E-state index is 5.76. The lowest BCUT2D eigenvalue weighted by Crippen LogP contribution is -1.94. The highest BCUT2D eigenvalue weighted by molar-refractivity contribution is 4.84. The topological polar surface area (TPSA) is 12.5 Å². The van der Waals surface area contributed by atoms with Gasteiger partial charge in [0.15, 0.2) is 0 Å². The molecule has 1 radical (unpaired) electrons. The summed E-state index contributed by atoms with van der Waals surface area (Å²) in [5.41, 5.74) is 0. The lowest BCUT2D eigenvalue weighted by Gasteiger charge is -2.00. The minimum absolute atomic E-state index is 0.628. The lowest BCUT2D eigenvalue weighted by molar-refractivity contribution is 0.347. The van der Waals surface area contributed by atoms with Gasteiger partial charge in [-0.25, -0.2) is 0 Å². The van der Waals surface area contributed by atoms with E-state index in [1.54, 1.807) is 0 Å². The van der Waals surface area contributed by atoms with Crippen LogP contribution in [0.25, 0.3) is 0 Å². The van der Waals surface area contributed by atoms with Crippen molar-refractivity contribution in [3.8, 4) is 0 Å². The van der Waals surface area contributed by atoms with Crippen molar-refractivity contribution in [3.05, 3.63) is 6.92 Å². The molecule has 1 nitrogen and oxygen atoms in total. The van der Waals surface area contributed by atoms with E-state index in [0.29, 0.717) is 12.2 Å². The fourth-order valence-corrected chi connectivity index (χ4v) is 2.87. The van der Waals surface area contributed by atoms with Crippen LogP contribution in [-0.2, 0) is 4.74 Å². The normalized spacial score (nSPS) is 21.8. The predicted octanol–water partition coefficient (Wildman–Crippen LogP) is 6.07. The van der Waals surface area contributed by atoms with Gasteiger partial charge in [-0.15, -0.1) is 0 Å². The Labute approximate surface area is 121 Å². The smallest absolute Gasteiger partial charge is 0.0841 e. The Bertz CT molecular complexity index is 170. The van der Waals surface area contributed by atoms with Gasteiger partial charge in [0, 0.05) is 0 Å². The fourth-order valence-electron chi connectivity index (χ4n) is 2.87. The second kappa shape index (κ2) is 11.8. The third-order valence-electron chi connectivity index (χ3n) is 4.27. The molecule has 0 aliphatic carbocycles. The Morgan fingerprint density at radius 1 is 0.684 bits per heavy atom. The van der Waals surface area contributed by atoms with Crippen LogP contribution in [-0.4, -0.2) is 12.2 Å². The van der Waals surface area contributed by atoms with Crippen LogP contribution in [0.3, 0.4) is 0 Å². The molecule has 113 valence electrons. The summed E-state index contributed by atoms with van der Waals surface area (Å²) in [7, 11) is 0. The molecule has 1 heterocycles. The summed E-state index contributed by atoms with van der Waals surface area (Å²) in [4.78, 5) is 0. The number of unbranched alkanes of at least 4 members (excludes halogenated alkanes) is 10. The van der Waals surface area contributed by atoms with Gasteiger partial charge in [0.05, 0.1) is 12.2 Å². The van der Waals surface area contributed by atoms with Crippen LogP contribution in [0.1, 0.15) is 96.8 Å². The van der Waals surface area contributed by atoms with Gasteiger partial charge in [0.1, 0.15) is 0 Å². The molecule has 0 N–H and O–H groups in total. The van der Waals surface area contributed by atoms with E-state index in [9.17, 15) is 0 Å². The summed E-state index contributed by atoms with van der Waals surface area (Å²) in [5, 5.41) is 0. The minimum Gasteiger partial charge on any atom is -0.370 e. The Hall–Kier alpha value is -0.0400. The zero-order valence-electron chi connectivity index (χ0n) is 13.2. The van der Waals surface area contributed by atoms with Crippen molar-refractivity contribution >= 4 is 0 Å². The maximum absolute atomic E-state index is 5.76. The number of hydrogen-bond donors (Lipinski definition) is 0. The van der Waals surface area contributed by atoms with Crippen LogP contribution < -0.4 is 0 Å². The molecular weight excluding hydrogens is 232 g/mol. The highest BCUT2D eigenvalue weighted by Crippen LogP contribution is 2.31. The molecule has 1 saturated heterocycles. The molecule has 0 saturated carbocycles. The monoisotopic (exact) mass is 267 g/mol. The van der Waals surface area contributed by atoms with Crippen LogP contribution in [0.15, 0.2) is 0 Å². The van der Waals surface area contributed by atoms with E-state index in [2.05, 4.69) is 13.8 Å². The predicted molar refractivity (Wildman–Crippen MR) is 84.3 cm³/mol. The third-order valence-corrected chi connectivity index (χ3v) is 4.27. The summed E-state index contributed by atoms with van der Waals surface area (Å²) in [6.07, 6.45) is 20.2. The van der Waals surface area contributed by atoms with Crippen LogP contribution in [0.4, 0.5) is 0 Å². The Balaban J connectivity index is 1.76. The van der Waals surface area contributed by atoms with E-state index in [-0.39, 0.29) is 0 Å². The van der Waals surface area contributed by atoms with Gasteiger partial charge in [-0.3, -0.25) is 0 Å². The first-order chi connectivity index (χ1) is 9.38. The third kappa shape index (κ3) is 9.49. The first kappa shape index (κ1) is 17.0. The quantitative estimate of drug-likeness (QED) is 0.275. The standard InChI is InChI=1S/C18H35O/c1-3-5-7-9-11-13-15-17-18(19-17)16-14-12-10-8-6-4-2/h17-18H,1,3-16H2,2H3. The van der Waals surface area contributed by atoms with Crippen molar-refractivity contribution in [1.29, 1.82) is 0 Å². The van der Waals surface area contributed by atoms with Gasteiger partial charge < -0.3 is 4.74 Å². The van der Waals surface area contributed by atoms with Crippen molar-refractivity contribution in [2.45, 2.75) is 109 Å². The molecule has 0 aromatic heterocycles. The zero-order chi connectivity index (χ0) is 13.8. The molecule has 19 heavy (non-hydrogen) atoms. The zero-order valence-corrected chi connectivity index (χ0v) is 13.2. The molecule has 1 aliphatic rings. The number of hydrogen-bond acceptors (Lipinski definition) is 1. The Morgan fingerprint density at radius 3 is 1.68 bits per heavy atom. The lowest BCUT2D eigenvalue weighted by atomic mass is 10.0. The molecule has 1 heteroatoms. The average molecular weight is 267 g/mol. The van der Waals surface area contributed by atoms with Crippen LogP contribution in [0.5, 0.6) is 0 Å². The highest BCUT2D eigenvalue weighted by atomic mass is 16.6. The van der Waals surface area contributed by atoms with E-state index < -0.39 is 0 Å². The summed E-state index contributed by atoms with van der Waals surface area (Å²) in [6, 6.07) is 0. The molecule has 1 aliphatic heterocycles. The molecule has 0 spiro atoms.